The minimum Gasteiger partial charge on any atom is -0.352 e. The lowest BCUT2D eigenvalue weighted by Crippen LogP contribution is -2.33. The van der Waals surface area contributed by atoms with E-state index in [1.165, 1.54) is 18.4 Å². The summed E-state index contributed by atoms with van der Waals surface area (Å²) < 4.78 is 36.8. The molecular formula is C20H28F3N3O2. The monoisotopic (exact) mass is 399 g/mol. The summed E-state index contributed by atoms with van der Waals surface area (Å²) in [7, 11) is 1.40. The Labute approximate surface area is 163 Å². The Kier molecular flexibility index (Phi) is 8.29. The molecule has 1 aliphatic carbocycles. The Balaban J connectivity index is 1.77. The normalized spacial score (nSPS) is 15.5. The van der Waals surface area contributed by atoms with Gasteiger partial charge in [-0.1, -0.05) is 25.3 Å². The number of amides is 2. The molecule has 2 N–H and O–H groups in total. The van der Waals surface area contributed by atoms with E-state index < -0.39 is 12.7 Å². The van der Waals surface area contributed by atoms with E-state index in [9.17, 15) is 22.8 Å². The highest BCUT2D eigenvalue weighted by Gasteiger charge is 2.28. The lowest BCUT2D eigenvalue weighted by Gasteiger charge is -2.20. The lowest BCUT2D eigenvalue weighted by molar-refractivity contribution is -0.143. The molecule has 0 heterocycles. The first-order valence-corrected chi connectivity index (χ1v) is 9.69. The zero-order chi connectivity index (χ0) is 20.6. The highest BCUT2D eigenvalue weighted by molar-refractivity contribution is 5.97. The fourth-order valence-electron chi connectivity index (χ4n) is 3.39. The maximum absolute atomic E-state index is 12.3. The maximum Gasteiger partial charge on any atom is 0.401 e. The van der Waals surface area contributed by atoms with Crippen LogP contribution in [0, 0.1) is 5.92 Å². The number of carbonyl (C=O) groups excluding carboxylic acids is 2. The van der Waals surface area contributed by atoms with Crippen LogP contribution < -0.4 is 10.6 Å². The molecule has 2 amide bonds. The van der Waals surface area contributed by atoms with Gasteiger partial charge in [-0.25, -0.2) is 0 Å². The van der Waals surface area contributed by atoms with Crippen LogP contribution in [0.3, 0.4) is 0 Å². The van der Waals surface area contributed by atoms with Crippen molar-refractivity contribution in [3.05, 3.63) is 29.8 Å². The van der Waals surface area contributed by atoms with Crippen LogP contribution in [-0.4, -0.2) is 49.6 Å². The Morgan fingerprint density at radius 3 is 2.57 bits per heavy atom. The summed E-state index contributed by atoms with van der Waals surface area (Å²) in [6.07, 6.45) is 1.29. The van der Waals surface area contributed by atoms with Gasteiger partial charge in [-0.15, -0.1) is 0 Å². The molecule has 28 heavy (non-hydrogen) atoms. The van der Waals surface area contributed by atoms with Crippen LogP contribution >= 0.6 is 0 Å². The average Bonchev–Trinajstić information content (AvgIpc) is 2.64. The van der Waals surface area contributed by atoms with E-state index in [0.717, 1.165) is 25.7 Å². The minimum atomic E-state index is -4.22. The van der Waals surface area contributed by atoms with Gasteiger partial charge in [-0.2, -0.15) is 13.2 Å². The van der Waals surface area contributed by atoms with Crippen LogP contribution in [0.15, 0.2) is 24.3 Å². The first kappa shape index (κ1) is 22.2. The fourth-order valence-corrected chi connectivity index (χ4v) is 3.39. The topological polar surface area (TPSA) is 61.4 Å². The summed E-state index contributed by atoms with van der Waals surface area (Å²) in [5.74, 6) is -0.294. The van der Waals surface area contributed by atoms with Gasteiger partial charge in [0.25, 0.3) is 5.91 Å². The van der Waals surface area contributed by atoms with Gasteiger partial charge < -0.3 is 10.6 Å². The smallest absolute Gasteiger partial charge is 0.352 e. The van der Waals surface area contributed by atoms with Crippen LogP contribution in [0.2, 0.25) is 0 Å². The number of rotatable bonds is 8. The zero-order valence-corrected chi connectivity index (χ0v) is 16.1. The first-order chi connectivity index (χ1) is 13.2. The number of alkyl halides is 3. The third kappa shape index (κ3) is 7.88. The molecule has 1 aromatic carbocycles. The second-order valence-electron chi connectivity index (χ2n) is 7.37. The average molecular weight is 399 g/mol. The zero-order valence-electron chi connectivity index (χ0n) is 16.1. The van der Waals surface area contributed by atoms with E-state index in [4.69, 9.17) is 0 Å². The van der Waals surface area contributed by atoms with Gasteiger partial charge in [0.15, 0.2) is 0 Å². The molecule has 8 heteroatoms. The number of nitrogens with one attached hydrogen (secondary N) is 2. The number of hydrogen-bond acceptors (Lipinski definition) is 3. The van der Waals surface area contributed by atoms with Gasteiger partial charge in [0, 0.05) is 23.7 Å². The van der Waals surface area contributed by atoms with Gasteiger partial charge in [0.05, 0.1) is 6.54 Å². The van der Waals surface area contributed by atoms with Gasteiger partial charge in [-0.05, 0) is 51.1 Å². The van der Waals surface area contributed by atoms with E-state index in [0.29, 0.717) is 17.7 Å². The summed E-state index contributed by atoms with van der Waals surface area (Å²) in [6, 6.07) is 6.69. The second kappa shape index (κ2) is 10.5. The first-order valence-electron chi connectivity index (χ1n) is 9.69. The molecule has 156 valence electrons. The number of hydrogen-bond donors (Lipinski definition) is 2. The van der Waals surface area contributed by atoms with Crippen molar-refractivity contribution < 1.29 is 22.8 Å². The Morgan fingerprint density at radius 1 is 1.18 bits per heavy atom. The van der Waals surface area contributed by atoms with Crippen LogP contribution in [-0.2, 0) is 4.79 Å². The Morgan fingerprint density at radius 2 is 1.89 bits per heavy atom. The molecule has 0 aromatic heterocycles. The van der Waals surface area contributed by atoms with Gasteiger partial charge in [0.2, 0.25) is 5.91 Å². The van der Waals surface area contributed by atoms with Crippen molar-refractivity contribution in [2.75, 3.05) is 32.0 Å². The Hall–Kier alpha value is -2.09. The predicted octanol–water partition coefficient (Wildman–Crippen LogP) is 3.82. The SMILES string of the molecule is CN(CCCNC(=O)c1cccc(NC(=O)C2CCCCC2)c1)CC(F)(F)F. The second-order valence-corrected chi connectivity index (χ2v) is 7.37. The maximum atomic E-state index is 12.3. The van der Waals surface area contributed by atoms with Gasteiger partial charge in [0.1, 0.15) is 0 Å². The molecule has 5 nitrogen and oxygen atoms in total. The molecule has 1 aromatic rings. The summed E-state index contributed by atoms with van der Waals surface area (Å²) in [5.41, 5.74) is 0.984. The highest BCUT2D eigenvalue weighted by Crippen LogP contribution is 2.25. The molecule has 0 aliphatic heterocycles. The molecule has 0 spiro atoms. The summed E-state index contributed by atoms with van der Waals surface area (Å²) in [6.45, 7) is -0.458. The standard InChI is InChI=1S/C20H28F3N3O2/c1-26(14-20(21,22)23)12-6-11-24-18(27)16-9-5-10-17(13-16)25-19(28)15-7-3-2-4-8-15/h5,9-10,13,15H,2-4,6-8,11-12,14H2,1H3,(H,24,27)(H,25,28). The van der Waals surface area contributed by atoms with Crippen molar-refractivity contribution in [2.45, 2.75) is 44.7 Å². The number of carbonyl (C=O) groups is 2. The molecule has 0 radical (unpaired) electrons. The fraction of sp³-hybridized carbons (Fsp3) is 0.600. The van der Waals surface area contributed by atoms with E-state index in [2.05, 4.69) is 10.6 Å². The van der Waals surface area contributed by atoms with Gasteiger partial charge in [-0.3, -0.25) is 14.5 Å². The minimum absolute atomic E-state index is 0.00930. The highest BCUT2D eigenvalue weighted by atomic mass is 19.4. The van der Waals surface area contributed by atoms with Crippen LogP contribution in [0.5, 0.6) is 0 Å². The van der Waals surface area contributed by atoms with Gasteiger partial charge >= 0.3 is 6.18 Å². The van der Waals surface area contributed by atoms with E-state index in [-0.39, 0.29) is 30.8 Å². The third-order valence-electron chi connectivity index (χ3n) is 4.82. The van der Waals surface area contributed by atoms with Crippen molar-refractivity contribution in [1.82, 2.24) is 10.2 Å². The van der Waals surface area contributed by atoms with Crippen molar-refractivity contribution >= 4 is 17.5 Å². The number of halogens is 3. The van der Waals surface area contributed by atoms with Crippen molar-refractivity contribution in [3.8, 4) is 0 Å². The predicted molar refractivity (Wildman–Crippen MR) is 102 cm³/mol. The van der Waals surface area contributed by atoms with Crippen LogP contribution in [0.25, 0.3) is 0 Å². The molecule has 2 rings (SSSR count). The number of anilines is 1. The van der Waals surface area contributed by atoms with E-state index in [1.807, 2.05) is 0 Å². The van der Waals surface area contributed by atoms with E-state index in [1.54, 1.807) is 24.3 Å². The van der Waals surface area contributed by atoms with Crippen LogP contribution in [0.4, 0.5) is 18.9 Å². The molecule has 1 aliphatic rings. The molecular weight excluding hydrogens is 371 g/mol. The van der Waals surface area contributed by atoms with Crippen molar-refractivity contribution in [2.24, 2.45) is 5.92 Å². The summed E-state index contributed by atoms with van der Waals surface area (Å²) >= 11 is 0. The Bertz CT molecular complexity index is 658. The molecule has 1 fully saturated rings. The molecule has 0 saturated heterocycles. The lowest BCUT2D eigenvalue weighted by atomic mass is 9.88. The molecule has 0 atom stereocenters. The largest absolute Gasteiger partial charge is 0.401 e. The quantitative estimate of drug-likeness (QED) is 0.654. The van der Waals surface area contributed by atoms with Crippen molar-refractivity contribution in [3.63, 3.8) is 0 Å². The molecule has 0 bridgehead atoms. The third-order valence-corrected chi connectivity index (χ3v) is 4.82. The van der Waals surface area contributed by atoms with Crippen molar-refractivity contribution in [1.29, 1.82) is 0 Å². The molecule has 1 saturated carbocycles. The molecule has 0 unspecified atom stereocenters. The van der Waals surface area contributed by atoms with Crippen LogP contribution in [0.1, 0.15) is 48.9 Å². The number of nitrogens with zero attached hydrogens (tertiary/aromatic N) is 1. The summed E-state index contributed by atoms with van der Waals surface area (Å²) in [4.78, 5) is 25.7. The number of benzene rings is 1. The summed E-state index contributed by atoms with van der Waals surface area (Å²) in [5, 5.41) is 5.58. The van der Waals surface area contributed by atoms with E-state index >= 15 is 0 Å².